The average molecular weight is 386 g/mol. The molecule has 1 amide bonds. The monoisotopic (exact) mass is 386 g/mol. The average Bonchev–Trinajstić information content (AvgIpc) is 2.72. The summed E-state index contributed by atoms with van der Waals surface area (Å²) in [5, 5.41) is 2.91. The SMILES string of the molecule is COc1ccc(CN(C)CCC(=O)Nc2ccc3c(c2)OCCO3)c(OC)c1. The third-order valence-corrected chi connectivity index (χ3v) is 4.48. The van der Waals surface area contributed by atoms with Crippen LogP contribution in [-0.4, -0.2) is 51.8 Å². The van der Waals surface area contributed by atoms with Crippen LogP contribution in [0.3, 0.4) is 0 Å². The van der Waals surface area contributed by atoms with Gasteiger partial charge in [0.2, 0.25) is 5.91 Å². The standard InChI is InChI=1S/C21H26N2O5/c1-23(14-15-4-6-17(25-2)13-19(15)26-3)9-8-21(24)22-16-5-7-18-20(12-16)28-11-10-27-18/h4-7,12-13H,8-11,14H2,1-3H3,(H,22,24). The fourth-order valence-electron chi connectivity index (χ4n) is 2.99. The molecular formula is C21H26N2O5. The molecule has 0 aliphatic carbocycles. The van der Waals surface area contributed by atoms with E-state index in [1.54, 1.807) is 20.3 Å². The Bertz CT molecular complexity index is 824. The lowest BCUT2D eigenvalue weighted by Gasteiger charge is -2.20. The Balaban J connectivity index is 1.50. The first-order valence-corrected chi connectivity index (χ1v) is 9.18. The van der Waals surface area contributed by atoms with E-state index in [0.29, 0.717) is 49.9 Å². The molecule has 7 heteroatoms. The Hall–Kier alpha value is -2.93. The number of carbonyl (C=O) groups excluding carboxylic acids is 1. The molecule has 0 saturated heterocycles. The molecule has 2 aromatic rings. The van der Waals surface area contributed by atoms with E-state index in [2.05, 4.69) is 10.2 Å². The van der Waals surface area contributed by atoms with Crippen LogP contribution in [-0.2, 0) is 11.3 Å². The molecule has 0 atom stereocenters. The Kier molecular flexibility index (Phi) is 6.60. The van der Waals surface area contributed by atoms with E-state index in [1.807, 2.05) is 37.4 Å². The molecule has 2 aromatic carbocycles. The van der Waals surface area contributed by atoms with Crippen molar-refractivity contribution in [3.8, 4) is 23.0 Å². The number of methoxy groups -OCH3 is 2. The molecule has 0 bridgehead atoms. The van der Waals surface area contributed by atoms with Crippen LogP contribution in [0.15, 0.2) is 36.4 Å². The molecule has 0 spiro atoms. The van der Waals surface area contributed by atoms with E-state index < -0.39 is 0 Å². The predicted octanol–water partition coefficient (Wildman–Crippen LogP) is 2.94. The van der Waals surface area contributed by atoms with Gasteiger partial charge >= 0.3 is 0 Å². The quantitative estimate of drug-likeness (QED) is 0.752. The first-order chi connectivity index (χ1) is 13.6. The molecule has 0 saturated carbocycles. The molecule has 0 radical (unpaired) electrons. The zero-order valence-electron chi connectivity index (χ0n) is 16.5. The number of hydrogen-bond donors (Lipinski definition) is 1. The number of nitrogens with one attached hydrogen (secondary N) is 1. The second kappa shape index (κ2) is 9.32. The second-order valence-corrected chi connectivity index (χ2v) is 6.57. The zero-order chi connectivity index (χ0) is 19.9. The molecule has 1 aliphatic rings. The lowest BCUT2D eigenvalue weighted by molar-refractivity contribution is -0.116. The van der Waals surface area contributed by atoms with Gasteiger partial charge in [0, 0.05) is 42.9 Å². The van der Waals surface area contributed by atoms with Crippen LogP contribution in [0.1, 0.15) is 12.0 Å². The summed E-state index contributed by atoms with van der Waals surface area (Å²) in [6.45, 7) is 2.35. The lowest BCUT2D eigenvalue weighted by Crippen LogP contribution is -2.24. The number of fused-ring (bicyclic) bond motifs is 1. The van der Waals surface area contributed by atoms with Crippen molar-refractivity contribution in [2.45, 2.75) is 13.0 Å². The molecule has 1 heterocycles. The number of carbonyl (C=O) groups is 1. The van der Waals surface area contributed by atoms with Gasteiger partial charge in [-0.05, 0) is 25.2 Å². The van der Waals surface area contributed by atoms with Crippen molar-refractivity contribution in [1.82, 2.24) is 4.90 Å². The number of ether oxygens (including phenoxy) is 4. The third-order valence-electron chi connectivity index (χ3n) is 4.48. The summed E-state index contributed by atoms with van der Waals surface area (Å²) in [6.07, 6.45) is 0.378. The molecule has 28 heavy (non-hydrogen) atoms. The van der Waals surface area contributed by atoms with E-state index >= 15 is 0 Å². The number of anilines is 1. The van der Waals surface area contributed by atoms with Crippen molar-refractivity contribution in [3.05, 3.63) is 42.0 Å². The van der Waals surface area contributed by atoms with Crippen LogP contribution >= 0.6 is 0 Å². The van der Waals surface area contributed by atoms with Gasteiger partial charge in [-0.2, -0.15) is 0 Å². The Morgan fingerprint density at radius 2 is 1.86 bits per heavy atom. The highest BCUT2D eigenvalue weighted by atomic mass is 16.6. The van der Waals surface area contributed by atoms with Crippen molar-refractivity contribution in [2.24, 2.45) is 0 Å². The van der Waals surface area contributed by atoms with Gasteiger partial charge in [-0.3, -0.25) is 4.79 Å². The first kappa shape index (κ1) is 19.8. The lowest BCUT2D eigenvalue weighted by atomic mass is 10.1. The minimum absolute atomic E-state index is 0.0507. The van der Waals surface area contributed by atoms with Crippen LogP contribution < -0.4 is 24.3 Å². The summed E-state index contributed by atoms with van der Waals surface area (Å²) < 4.78 is 21.7. The molecule has 0 aromatic heterocycles. The van der Waals surface area contributed by atoms with Gasteiger partial charge in [0.25, 0.3) is 0 Å². The molecule has 1 N–H and O–H groups in total. The summed E-state index contributed by atoms with van der Waals surface area (Å²) in [5.74, 6) is 2.84. The third kappa shape index (κ3) is 5.07. The van der Waals surface area contributed by atoms with Crippen LogP contribution in [0.25, 0.3) is 0 Å². The summed E-state index contributed by atoms with van der Waals surface area (Å²) in [6, 6.07) is 11.2. The van der Waals surface area contributed by atoms with Gasteiger partial charge in [-0.1, -0.05) is 6.07 Å². The molecule has 3 rings (SSSR count). The number of benzene rings is 2. The topological polar surface area (TPSA) is 69.3 Å². The van der Waals surface area contributed by atoms with Crippen molar-refractivity contribution in [1.29, 1.82) is 0 Å². The van der Waals surface area contributed by atoms with E-state index in [9.17, 15) is 4.79 Å². The first-order valence-electron chi connectivity index (χ1n) is 9.18. The number of hydrogen-bond acceptors (Lipinski definition) is 6. The highest BCUT2D eigenvalue weighted by molar-refractivity contribution is 5.91. The number of amides is 1. The van der Waals surface area contributed by atoms with E-state index in [4.69, 9.17) is 18.9 Å². The van der Waals surface area contributed by atoms with Gasteiger partial charge in [0.05, 0.1) is 14.2 Å². The largest absolute Gasteiger partial charge is 0.497 e. The normalized spacial score (nSPS) is 12.6. The molecule has 0 fully saturated rings. The summed E-state index contributed by atoms with van der Waals surface area (Å²) in [4.78, 5) is 14.4. The van der Waals surface area contributed by atoms with Crippen molar-refractivity contribution in [3.63, 3.8) is 0 Å². The van der Waals surface area contributed by atoms with Crippen molar-refractivity contribution < 1.29 is 23.7 Å². The molecule has 0 unspecified atom stereocenters. The van der Waals surface area contributed by atoms with Gasteiger partial charge < -0.3 is 29.2 Å². The molecule has 1 aliphatic heterocycles. The van der Waals surface area contributed by atoms with E-state index in [-0.39, 0.29) is 5.91 Å². The van der Waals surface area contributed by atoms with Gasteiger partial charge in [-0.25, -0.2) is 0 Å². The molecular weight excluding hydrogens is 360 g/mol. The minimum atomic E-state index is -0.0507. The highest BCUT2D eigenvalue weighted by Crippen LogP contribution is 2.32. The molecule has 7 nitrogen and oxygen atoms in total. The van der Waals surface area contributed by atoms with Crippen LogP contribution in [0.5, 0.6) is 23.0 Å². The minimum Gasteiger partial charge on any atom is -0.497 e. The predicted molar refractivity (Wildman–Crippen MR) is 107 cm³/mol. The summed E-state index contributed by atoms with van der Waals surface area (Å²) in [7, 11) is 5.24. The number of rotatable bonds is 8. The van der Waals surface area contributed by atoms with E-state index in [1.165, 1.54) is 0 Å². The number of nitrogens with zero attached hydrogens (tertiary/aromatic N) is 1. The van der Waals surface area contributed by atoms with Crippen LogP contribution in [0.2, 0.25) is 0 Å². The van der Waals surface area contributed by atoms with Gasteiger partial charge in [0.1, 0.15) is 24.7 Å². The Morgan fingerprint density at radius 1 is 1.07 bits per heavy atom. The van der Waals surface area contributed by atoms with Gasteiger partial charge in [-0.15, -0.1) is 0 Å². The maximum atomic E-state index is 12.3. The fraction of sp³-hybridized carbons (Fsp3) is 0.381. The Morgan fingerprint density at radius 3 is 2.61 bits per heavy atom. The van der Waals surface area contributed by atoms with Crippen LogP contribution in [0.4, 0.5) is 5.69 Å². The maximum Gasteiger partial charge on any atom is 0.225 e. The van der Waals surface area contributed by atoms with Crippen molar-refractivity contribution >= 4 is 11.6 Å². The van der Waals surface area contributed by atoms with Crippen LogP contribution in [0, 0.1) is 0 Å². The zero-order valence-corrected chi connectivity index (χ0v) is 16.5. The second-order valence-electron chi connectivity index (χ2n) is 6.57. The highest BCUT2D eigenvalue weighted by Gasteiger charge is 2.14. The fourth-order valence-corrected chi connectivity index (χ4v) is 2.99. The summed E-state index contributed by atoms with van der Waals surface area (Å²) in [5.41, 5.74) is 1.74. The summed E-state index contributed by atoms with van der Waals surface area (Å²) >= 11 is 0. The van der Waals surface area contributed by atoms with Crippen molar-refractivity contribution in [2.75, 3.05) is 46.3 Å². The Labute approximate surface area is 165 Å². The van der Waals surface area contributed by atoms with Gasteiger partial charge in [0.15, 0.2) is 11.5 Å². The maximum absolute atomic E-state index is 12.3. The van der Waals surface area contributed by atoms with E-state index in [0.717, 1.165) is 17.1 Å². The smallest absolute Gasteiger partial charge is 0.225 e. The molecule has 150 valence electrons.